The predicted octanol–water partition coefficient (Wildman–Crippen LogP) is 5.22. The molecule has 1 aliphatic carbocycles. The summed E-state index contributed by atoms with van der Waals surface area (Å²) in [6.07, 6.45) is 3.04. The quantitative estimate of drug-likeness (QED) is 0.373. The van der Waals surface area contributed by atoms with Gasteiger partial charge in [-0.05, 0) is 42.0 Å². The minimum atomic E-state index is -4.47. The molecule has 0 saturated heterocycles. The Morgan fingerprint density at radius 2 is 1.94 bits per heavy atom. The first-order chi connectivity index (χ1) is 16.8. The molecule has 4 aromatic rings. The number of nitrogens with one attached hydrogen (secondary N) is 1. The number of pyridine rings is 2. The molecule has 10 heteroatoms. The Kier molecular flexibility index (Phi) is 6.10. The van der Waals surface area contributed by atoms with Crippen molar-refractivity contribution in [1.29, 1.82) is 0 Å². The first kappa shape index (κ1) is 22.8. The van der Waals surface area contributed by atoms with E-state index in [-0.39, 0.29) is 11.8 Å². The van der Waals surface area contributed by atoms with E-state index in [1.165, 1.54) is 6.20 Å². The summed E-state index contributed by atoms with van der Waals surface area (Å²) in [6, 6.07) is 12.5. The Hall–Kier alpha value is -3.95. The zero-order valence-corrected chi connectivity index (χ0v) is 18.6. The van der Waals surface area contributed by atoms with Crippen LogP contribution in [0.15, 0.2) is 61.1 Å². The molecule has 3 aromatic heterocycles. The van der Waals surface area contributed by atoms with Crippen LogP contribution in [0.25, 0.3) is 22.0 Å². The summed E-state index contributed by atoms with van der Waals surface area (Å²) < 4.78 is 44.8. The second-order valence-corrected chi connectivity index (χ2v) is 8.58. The van der Waals surface area contributed by atoms with Crippen LogP contribution < -0.4 is 10.1 Å². The van der Waals surface area contributed by atoms with Gasteiger partial charge in [0.15, 0.2) is 6.61 Å². The minimum absolute atomic E-state index is 0.0635. The molecular formula is C25H22F3N5O2. The Balaban J connectivity index is 1.40. The molecule has 1 N–H and O–H groups in total. The van der Waals surface area contributed by atoms with Crippen molar-refractivity contribution < 1.29 is 22.7 Å². The molecule has 1 aromatic carbocycles. The highest BCUT2D eigenvalue weighted by Gasteiger charge is 2.29. The normalized spacial score (nSPS) is 13.7. The van der Waals surface area contributed by atoms with Gasteiger partial charge in [0.25, 0.3) is 0 Å². The summed E-state index contributed by atoms with van der Waals surface area (Å²) in [5, 5.41) is 8.14. The lowest BCUT2D eigenvalue weighted by Gasteiger charge is -2.14. The summed E-state index contributed by atoms with van der Waals surface area (Å²) in [4.78, 5) is 20.7. The van der Waals surface area contributed by atoms with Crippen LogP contribution in [-0.2, 0) is 11.3 Å². The van der Waals surface area contributed by atoms with Gasteiger partial charge in [-0.1, -0.05) is 30.3 Å². The molecule has 1 aliphatic rings. The van der Waals surface area contributed by atoms with E-state index in [2.05, 4.69) is 20.4 Å². The van der Waals surface area contributed by atoms with Gasteiger partial charge in [-0.25, -0.2) is 9.97 Å². The van der Waals surface area contributed by atoms with Gasteiger partial charge in [-0.3, -0.25) is 9.48 Å². The van der Waals surface area contributed by atoms with Crippen molar-refractivity contribution in [3.05, 3.63) is 66.6 Å². The highest BCUT2D eigenvalue weighted by Crippen LogP contribution is 2.33. The minimum Gasteiger partial charge on any atom is -0.468 e. The van der Waals surface area contributed by atoms with E-state index in [0.717, 1.165) is 18.4 Å². The second kappa shape index (κ2) is 9.36. The lowest BCUT2D eigenvalue weighted by molar-refractivity contribution is -0.154. The first-order valence-corrected chi connectivity index (χ1v) is 11.2. The van der Waals surface area contributed by atoms with Crippen molar-refractivity contribution in [1.82, 2.24) is 19.7 Å². The molecule has 5 rings (SSSR count). The van der Waals surface area contributed by atoms with E-state index in [0.29, 0.717) is 46.7 Å². The van der Waals surface area contributed by atoms with E-state index in [4.69, 9.17) is 4.74 Å². The SMILES string of the molecule is O=C(CC1CC1)Nc1nccc2nn(Cc3cnc(OCC(F)(F)F)c(-c4ccccc4)c3)cc12. The smallest absolute Gasteiger partial charge is 0.422 e. The van der Waals surface area contributed by atoms with Gasteiger partial charge < -0.3 is 10.1 Å². The van der Waals surface area contributed by atoms with Gasteiger partial charge in [0.1, 0.15) is 5.82 Å². The van der Waals surface area contributed by atoms with E-state index < -0.39 is 12.8 Å². The van der Waals surface area contributed by atoms with E-state index in [9.17, 15) is 18.0 Å². The largest absolute Gasteiger partial charge is 0.468 e. The molecule has 0 radical (unpaired) electrons. The van der Waals surface area contributed by atoms with Crippen molar-refractivity contribution in [2.45, 2.75) is 32.0 Å². The van der Waals surface area contributed by atoms with Crippen LogP contribution in [0.1, 0.15) is 24.8 Å². The molecule has 0 atom stereocenters. The van der Waals surface area contributed by atoms with Crippen LogP contribution in [0.4, 0.5) is 19.0 Å². The molecule has 3 heterocycles. The fourth-order valence-corrected chi connectivity index (χ4v) is 3.80. The topological polar surface area (TPSA) is 81.9 Å². The van der Waals surface area contributed by atoms with Crippen LogP contribution in [0, 0.1) is 5.92 Å². The number of aromatic nitrogens is 4. The van der Waals surface area contributed by atoms with Crippen LogP contribution in [0.5, 0.6) is 5.88 Å². The van der Waals surface area contributed by atoms with Gasteiger partial charge in [0.2, 0.25) is 11.8 Å². The lowest BCUT2D eigenvalue weighted by atomic mass is 10.1. The maximum atomic E-state index is 12.7. The fraction of sp³-hybridized carbons (Fsp3) is 0.280. The van der Waals surface area contributed by atoms with E-state index >= 15 is 0 Å². The number of fused-ring (bicyclic) bond motifs is 1. The number of anilines is 1. The molecule has 0 aliphatic heterocycles. The average Bonchev–Trinajstić information content (AvgIpc) is 3.54. The van der Waals surface area contributed by atoms with Gasteiger partial charge in [0, 0.05) is 30.6 Å². The van der Waals surface area contributed by atoms with Crippen molar-refractivity contribution in [2.75, 3.05) is 11.9 Å². The number of carbonyl (C=O) groups excluding carboxylic acids is 1. The molecule has 35 heavy (non-hydrogen) atoms. The summed E-state index contributed by atoms with van der Waals surface area (Å²) in [7, 11) is 0. The molecule has 1 fully saturated rings. The monoisotopic (exact) mass is 481 g/mol. The Bertz CT molecular complexity index is 1350. The third kappa shape index (κ3) is 5.76. The molecule has 0 spiro atoms. The molecule has 1 amide bonds. The van der Waals surface area contributed by atoms with Crippen molar-refractivity contribution in [3.8, 4) is 17.0 Å². The Morgan fingerprint density at radius 1 is 1.14 bits per heavy atom. The highest BCUT2D eigenvalue weighted by atomic mass is 19.4. The molecular weight excluding hydrogens is 459 g/mol. The van der Waals surface area contributed by atoms with Gasteiger partial charge in [-0.2, -0.15) is 18.3 Å². The molecule has 1 saturated carbocycles. The number of carbonyl (C=O) groups is 1. The number of halogens is 3. The molecule has 180 valence electrons. The fourth-order valence-electron chi connectivity index (χ4n) is 3.80. The van der Waals surface area contributed by atoms with Crippen LogP contribution >= 0.6 is 0 Å². The second-order valence-electron chi connectivity index (χ2n) is 8.58. The van der Waals surface area contributed by atoms with Gasteiger partial charge in [0.05, 0.1) is 17.4 Å². The summed E-state index contributed by atoms with van der Waals surface area (Å²) in [5.41, 5.74) is 2.54. The van der Waals surface area contributed by atoms with Crippen molar-refractivity contribution >= 4 is 22.6 Å². The number of nitrogens with zero attached hydrogens (tertiary/aromatic N) is 4. The number of rotatable bonds is 8. The number of amides is 1. The van der Waals surface area contributed by atoms with Crippen LogP contribution in [-0.4, -0.2) is 38.4 Å². The maximum Gasteiger partial charge on any atom is 0.422 e. The van der Waals surface area contributed by atoms with Crippen LogP contribution in [0.2, 0.25) is 0 Å². The van der Waals surface area contributed by atoms with Gasteiger partial charge in [-0.15, -0.1) is 0 Å². The predicted molar refractivity (Wildman–Crippen MR) is 124 cm³/mol. The number of alkyl halides is 3. The number of hydrogen-bond acceptors (Lipinski definition) is 5. The number of benzene rings is 1. The van der Waals surface area contributed by atoms with Gasteiger partial charge >= 0.3 is 6.18 Å². The Morgan fingerprint density at radius 3 is 2.69 bits per heavy atom. The highest BCUT2D eigenvalue weighted by molar-refractivity contribution is 5.99. The zero-order chi connectivity index (χ0) is 24.4. The van der Waals surface area contributed by atoms with Crippen molar-refractivity contribution in [2.24, 2.45) is 5.92 Å². The van der Waals surface area contributed by atoms with E-state index in [1.807, 2.05) is 6.07 Å². The third-order valence-corrected chi connectivity index (χ3v) is 5.62. The average molecular weight is 481 g/mol. The maximum absolute atomic E-state index is 12.7. The summed E-state index contributed by atoms with van der Waals surface area (Å²) >= 11 is 0. The standard InChI is InChI=1S/C25H22F3N5O2/c26-25(27,28)15-35-24-19(18-4-2-1-3-5-18)10-17(12-30-24)13-33-14-20-21(32-33)8-9-29-23(20)31-22(34)11-16-6-7-16/h1-5,8-10,12,14,16H,6-7,11,13,15H2,(H,29,31,34). The molecule has 0 bridgehead atoms. The third-order valence-electron chi connectivity index (χ3n) is 5.62. The lowest BCUT2D eigenvalue weighted by Crippen LogP contribution is -2.20. The first-order valence-electron chi connectivity index (χ1n) is 11.2. The van der Waals surface area contributed by atoms with Crippen LogP contribution in [0.3, 0.4) is 0 Å². The van der Waals surface area contributed by atoms with E-state index in [1.54, 1.807) is 53.5 Å². The number of hydrogen-bond donors (Lipinski definition) is 1. The molecule has 7 nitrogen and oxygen atoms in total. The Labute approximate surface area is 199 Å². The zero-order valence-electron chi connectivity index (χ0n) is 18.6. The summed E-state index contributed by atoms with van der Waals surface area (Å²) in [6.45, 7) is -1.11. The van der Waals surface area contributed by atoms with Crippen molar-refractivity contribution in [3.63, 3.8) is 0 Å². The summed E-state index contributed by atoms with van der Waals surface area (Å²) in [5.74, 6) is 0.767. The number of ether oxygens (including phenoxy) is 1. The molecule has 0 unspecified atom stereocenters.